The number of nitrogens with zero attached hydrogens (tertiary/aromatic N) is 3. The van der Waals surface area contributed by atoms with Gasteiger partial charge in [-0.3, -0.25) is 9.48 Å². The first kappa shape index (κ1) is 15.8. The topological polar surface area (TPSA) is 50.2 Å². The van der Waals surface area contributed by atoms with Crippen molar-refractivity contribution < 1.29 is 4.79 Å². The Bertz CT molecular complexity index is 716. The molecule has 0 saturated carbocycles. The van der Waals surface area contributed by atoms with Gasteiger partial charge in [-0.15, -0.1) is 11.3 Å². The Morgan fingerprint density at radius 1 is 1.42 bits per heavy atom. The average molecular weight is 344 g/mol. The van der Waals surface area contributed by atoms with Gasteiger partial charge in [-0.25, -0.2) is 0 Å². The van der Waals surface area contributed by atoms with Crippen molar-refractivity contribution >= 4 is 17.2 Å². The lowest BCUT2D eigenvalue weighted by atomic mass is 9.91. The van der Waals surface area contributed by atoms with E-state index >= 15 is 0 Å². The summed E-state index contributed by atoms with van der Waals surface area (Å²) >= 11 is 1.79. The second-order valence-corrected chi connectivity index (χ2v) is 7.83. The number of nitrogens with one attached hydrogen (secondary N) is 1. The molecule has 1 amide bonds. The second kappa shape index (κ2) is 6.69. The molecule has 1 N–H and O–H groups in total. The van der Waals surface area contributed by atoms with Crippen molar-refractivity contribution in [3.63, 3.8) is 0 Å². The van der Waals surface area contributed by atoms with Gasteiger partial charge in [0.1, 0.15) is 0 Å². The molecule has 0 radical (unpaired) electrons. The quantitative estimate of drug-likeness (QED) is 0.926. The number of aromatic nitrogens is 2. The number of likely N-dealkylation sites (tertiary alicyclic amines) is 1. The first-order chi connectivity index (χ1) is 11.7. The summed E-state index contributed by atoms with van der Waals surface area (Å²) < 4.78 is 1.92. The highest BCUT2D eigenvalue weighted by molar-refractivity contribution is 7.09. The zero-order chi connectivity index (χ0) is 16.5. The number of thiophene rings is 1. The molecule has 2 aliphatic rings. The van der Waals surface area contributed by atoms with E-state index in [9.17, 15) is 4.79 Å². The number of aryl methyl sites for hydroxylation is 1. The first-order valence-electron chi connectivity index (χ1n) is 8.82. The summed E-state index contributed by atoms with van der Waals surface area (Å²) in [5.41, 5.74) is 3.10. The van der Waals surface area contributed by atoms with Crippen LogP contribution < -0.4 is 5.32 Å². The third-order valence-corrected chi connectivity index (χ3v) is 6.07. The van der Waals surface area contributed by atoms with Gasteiger partial charge in [0.2, 0.25) is 0 Å². The van der Waals surface area contributed by atoms with E-state index in [0.717, 1.165) is 51.7 Å². The van der Waals surface area contributed by atoms with Crippen molar-refractivity contribution in [1.29, 1.82) is 0 Å². The fourth-order valence-corrected chi connectivity index (χ4v) is 4.52. The summed E-state index contributed by atoms with van der Waals surface area (Å²) in [6, 6.07) is 4.68. The number of hydrogen-bond acceptors (Lipinski definition) is 4. The van der Waals surface area contributed by atoms with E-state index in [0.29, 0.717) is 11.7 Å². The van der Waals surface area contributed by atoms with Crippen LogP contribution >= 0.6 is 11.3 Å². The summed E-state index contributed by atoms with van der Waals surface area (Å²) in [5.74, 6) is 0.128. The highest BCUT2D eigenvalue weighted by Gasteiger charge is 2.31. The van der Waals surface area contributed by atoms with Gasteiger partial charge in [-0.2, -0.15) is 5.10 Å². The van der Waals surface area contributed by atoms with E-state index in [4.69, 9.17) is 0 Å². The molecule has 3 heterocycles. The number of rotatable bonds is 4. The van der Waals surface area contributed by atoms with Crippen molar-refractivity contribution in [3.05, 3.63) is 39.3 Å². The first-order valence-corrected chi connectivity index (χ1v) is 9.70. The largest absolute Gasteiger partial charge is 0.337 e. The second-order valence-electron chi connectivity index (χ2n) is 6.80. The maximum atomic E-state index is 12.8. The fourth-order valence-electron chi connectivity index (χ4n) is 3.86. The molecule has 1 saturated heterocycles. The van der Waals surface area contributed by atoms with E-state index < -0.39 is 0 Å². The maximum absolute atomic E-state index is 12.8. The van der Waals surface area contributed by atoms with Crippen molar-refractivity contribution in [2.45, 2.75) is 44.7 Å². The predicted molar refractivity (Wildman–Crippen MR) is 95.3 cm³/mol. The zero-order valence-electron chi connectivity index (χ0n) is 14.1. The lowest BCUT2D eigenvalue weighted by Crippen LogP contribution is -2.35. The molecule has 0 unspecified atom stereocenters. The molecule has 1 fully saturated rings. The van der Waals surface area contributed by atoms with Crippen LogP contribution in [-0.2, 0) is 26.4 Å². The molecular weight excluding hydrogens is 320 g/mol. The smallest absolute Gasteiger partial charge is 0.274 e. The van der Waals surface area contributed by atoms with Crippen molar-refractivity contribution in [2.24, 2.45) is 7.05 Å². The molecule has 0 aromatic carbocycles. The lowest BCUT2D eigenvalue weighted by molar-refractivity contribution is 0.0785. The standard InChI is InChI=1S/C18H24N4OS/c1-21-16-7-6-13(19-12-14-5-4-10-24-14)11-15(16)17(20-21)18(23)22-8-2-3-9-22/h4-5,10,13,19H,2-3,6-9,11-12H2,1H3/t13-/m1/s1. The molecule has 24 heavy (non-hydrogen) atoms. The van der Waals surface area contributed by atoms with Gasteiger partial charge >= 0.3 is 0 Å². The molecule has 2 aromatic rings. The zero-order valence-corrected chi connectivity index (χ0v) is 14.9. The van der Waals surface area contributed by atoms with Gasteiger partial charge in [0, 0.05) is 48.9 Å². The molecule has 5 nitrogen and oxygen atoms in total. The molecule has 1 aliphatic heterocycles. The van der Waals surface area contributed by atoms with Crippen LogP contribution in [0.25, 0.3) is 0 Å². The normalized spacial score (nSPS) is 20.4. The van der Waals surface area contributed by atoms with Crippen LogP contribution in [0, 0.1) is 0 Å². The van der Waals surface area contributed by atoms with E-state index in [-0.39, 0.29) is 5.91 Å². The van der Waals surface area contributed by atoms with Crippen LogP contribution in [0.3, 0.4) is 0 Å². The number of carbonyl (C=O) groups excluding carboxylic acids is 1. The SMILES string of the molecule is Cn1nc(C(=O)N2CCCC2)c2c1CC[C@@H](NCc1cccs1)C2. The van der Waals surface area contributed by atoms with Crippen LogP contribution in [0.2, 0.25) is 0 Å². The van der Waals surface area contributed by atoms with Gasteiger partial charge in [0.05, 0.1) is 0 Å². The van der Waals surface area contributed by atoms with Crippen LogP contribution in [0.4, 0.5) is 0 Å². The minimum absolute atomic E-state index is 0.128. The third-order valence-electron chi connectivity index (χ3n) is 5.20. The molecule has 2 aromatic heterocycles. The van der Waals surface area contributed by atoms with E-state index in [1.165, 1.54) is 16.1 Å². The van der Waals surface area contributed by atoms with Crippen LogP contribution in [-0.4, -0.2) is 39.7 Å². The van der Waals surface area contributed by atoms with E-state index in [1.54, 1.807) is 11.3 Å². The molecule has 1 aliphatic carbocycles. The summed E-state index contributed by atoms with van der Waals surface area (Å²) in [5, 5.41) is 10.4. The van der Waals surface area contributed by atoms with Gasteiger partial charge < -0.3 is 10.2 Å². The van der Waals surface area contributed by atoms with Crippen molar-refractivity contribution in [1.82, 2.24) is 20.0 Å². The van der Waals surface area contributed by atoms with Gasteiger partial charge in [0.25, 0.3) is 5.91 Å². The highest BCUT2D eigenvalue weighted by atomic mass is 32.1. The molecule has 0 spiro atoms. The number of hydrogen-bond donors (Lipinski definition) is 1. The lowest BCUT2D eigenvalue weighted by Gasteiger charge is -2.24. The molecule has 1 atom stereocenters. The Morgan fingerprint density at radius 3 is 3.00 bits per heavy atom. The van der Waals surface area contributed by atoms with E-state index in [1.807, 2.05) is 16.6 Å². The highest BCUT2D eigenvalue weighted by Crippen LogP contribution is 2.26. The maximum Gasteiger partial charge on any atom is 0.274 e. The summed E-state index contributed by atoms with van der Waals surface area (Å²) in [6.07, 6.45) is 5.24. The van der Waals surface area contributed by atoms with Crippen LogP contribution in [0.5, 0.6) is 0 Å². The fraction of sp³-hybridized carbons (Fsp3) is 0.556. The average Bonchev–Trinajstić information content (AvgIpc) is 3.34. The Morgan fingerprint density at radius 2 is 2.25 bits per heavy atom. The summed E-state index contributed by atoms with van der Waals surface area (Å²) in [6.45, 7) is 2.67. The molecule has 128 valence electrons. The van der Waals surface area contributed by atoms with Crippen LogP contribution in [0.1, 0.15) is 45.9 Å². The minimum Gasteiger partial charge on any atom is -0.337 e. The Kier molecular flexibility index (Phi) is 4.41. The molecule has 6 heteroatoms. The monoisotopic (exact) mass is 344 g/mol. The molecular formula is C18H24N4OS. The number of amides is 1. The van der Waals surface area contributed by atoms with Crippen LogP contribution in [0.15, 0.2) is 17.5 Å². The Hall–Kier alpha value is -1.66. The van der Waals surface area contributed by atoms with Crippen molar-refractivity contribution in [2.75, 3.05) is 13.1 Å². The van der Waals surface area contributed by atoms with Gasteiger partial charge in [0.15, 0.2) is 5.69 Å². The Labute approximate surface area is 146 Å². The third kappa shape index (κ3) is 3.00. The summed E-state index contributed by atoms with van der Waals surface area (Å²) in [7, 11) is 1.97. The number of fused-ring (bicyclic) bond motifs is 1. The van der Waals surface area contributed by atoms with Crippen molar-refractivity contribution in [3.8, 4) is 0 Å². The minimum atomic E-state index is 0.128. The van der Waals surface area contributed by atoms with Gasteiger partial charge in [-0.1, -0.05) is 6.07 Å². The molecule has 0 bridgehead atoms. The molecule has 4 rings (SSSR count). The van der Waals surface area contributed by atoms with Gasteiger partial charge in [-0.05, 0) is 43.6 Å². The predicted octanol–water partition coefficient (Wildman–Crippen LogP) is 2.36. The summed E-state index contributed by atoms with van der Waals surface area (Å²) in [4.78, 5) is 16.1. The number of carbonyl (C=O) groups is 1. The van der Waals surface area contributed by atoms with E-state index in [2.05, 4.69) is 27.9 Å². The Balaban J connectivity index is 1.50.